The van der Waals surface area contributed by atoms with Crippen molar-refractivity contribution < 1.29 is 84.3 Å². The van der Waals surface area contributed by atoms with Gasteiger partial charge in [0, 0.05) is 94.5 Å². The van der Waals surface area contributed by atoms with Crippen molar-refractivity contribution >= 4 is 18.3 Å². The standard InChI is InChI=1S/C13H27N2Si2.4W/c1-14(2)8-6-11-17(5,13-10-16)12-7-9-15(3)4;;;;/h1-4,6-13H2,5H3;;;;/q-4;;;;. The van der Waals surface area contributed by atoms with E-state index in [0.29, 0.717) is 0 Å². The maximum atomic E-state index is 3.79. The van der Waals surface area contributed by atoms with E-state index >= 15 is 0 Å². The largest absolute Gasteiger partial charge is 0.611 e. The average molecular weight is 1000 g/mol. The van der Waals surface area contributed by atoms with Crippen LogP contribution in [0.25, 0.3) is 0 Å². The molecule has 125 valence electrons. The van der Waals surface area contributed by atoms with Gasteiger partial charge in [0.2, 0.25) is 0 Å². The summed E-state index contributed by atoms with van der Waals surface area (Å²) in [4.78, 5) is 3.58. The van der Waals surface area contributed by atoms with Gasteiger partial charge in [-0.05, 0) is 12.8 Å². The molecule has 0 unspecified atom stereocenters. The van der Waals surface area contributed by atoms with Crippen LogP contribution in [0.5, 0.6) is 0 Å². The Labute approximate surface area is 195 Å². The maximum Gasteiger partial charge on any atom is 0.0502 e. The Morgan fingerprint density at radius 3 is 1.33 bits per heavy atom. The van der Waals surface area contributed by atoms with Gasteiger partial charge in [-0.25, -0.2) is 0 Å². The molecule has 0 rings (SSSR count). The van der Waals surface area contributed by atoms with Crippen LogP contribution in [0, 0.1) is 28.2 Å². The summed E-state index contributed by atoms with van der Waals surface area (Å²) >= 11 is 0. The molecule has 0 aliphatic rings. The molecule has 21 heavy (non-hydrogen) atoms. The van der Waals surface area contributed by atoms with Gasteiger partial charge >= 0.3 is 0 Å². The first kappa shape index (κ1) is 35.3. The summed E-state index contributed by atoms with van der Waals surface area (Å²) < 4.78 is 0. The molecule has 0 saturated heterocycles. The fourth-order valence-electron chi connectivity index (χ4n) is 2.14. The molecule has 0 amide bonds. The monoisotopic (exact) mass is 1000 g/mol. The summed E-state index contributed by atoms with van der Waals surface area (Å²) in [6.07, 6.45) is 2.45. The van der Waals surface area contributed by atoms with Crippen LogP contribution in [0.1, 0.15) is 12.8 Å². The van der Waals surface area contributed by atoms with Crippen molar-refractivity contribution in [3.8, 4) is 0 Å². The minimum absolute atomic E-state index is 0. The van der Waals surface area contributed by atoms with Gasteiger partial charge in [0.25, 0.3) is 0 Å². The Bertz CT molecular complexity index is 185. The van der Waals surface area contributed by atoms with Crippen LogP contribution in [-0.2, 0) is 84.3 Å². The summed E-state index contributed by atoms with van der Waals surface area (Å²) in [5, 5.41) is 0. The third-order valence-corrected chi connectivity index (χ3v) is 8.57. The Kier molecular flexibility index (Phi) is 35.5. The van der Waals surface area contributed by atoms with Crippen LogP contribution in [0.2, 0.25) is 30.7 Å². The van der Waals surface area contributed by atoms with Crippen molar-refractivity contribution in [2.75, 3.05) is 13.1 Å². The van der Waals surface area contributed by atoms with E-state index < -0.39 is 8.07 Å². The number of hydrogen-bond acceptors (Lipinski definition) is 2. The molecule has 0 heterocycles. The molecule has 0 spiro atoms. The molecule has 0 atom stereocenters. The second-order valence-electron chi connectivity index (χ2n) is 5.31. The molecule has 0 saturated carbocycles. The molecule has 0 aliphatic heterocycles. The molecule has 0 N–H and O–H groups in total. The van der Waals surface area contributed by atoms with E-state index in [4.69, 9.17) is 0 Å². The molecule has 0 aromatic carbocycles. The second-order valence-corrected chi connectivity index (χ2v) is 10.9. The second kappa shape index (κ2) is 21.2. The van der Waals surface area contributed by atoms with E-state index in [1.807, 2.05) is 0 Å². The summed E-state index contributed by atoms with van der Waals surface area (Å²) in [6, 6.07) is 5.22. The third-order valence-electron chi connectivity index (χ3n) is 3.24. The van der Waals surface area contributed by atoms with Gasteiger partial charge < -0.3 is 38.0 Å². The first-order chi connectivity index (χ1) is 7.89. The fourth-order valence-corrected chi connectivity index (χ4v) is 7.32. The Morgan fingerprint density at radius 1 is 0.762 bits per heavy atom. The SMILES string of the molecule is [CH2-]N([CH2-])CCC[Si](C)(CC[Si])CCCN([CH2-])[CH2-].[W].[W].[W].[W]. The topological polar surface area (TPSA) is 6.48 Å². The predicted molar refractivity (Wildman–Crippen MR) is 80.7 cm³/mol. The first-order valence-electron chi connectivity index (χ1n) is 6.31. The van der Waals surface area contributed by atoms with Crippen LogP contribution in [0.3, 0.4) is 0 Å². The van der Waals surface area contributed by atoms with Gasteiger partial charge in [-0.2, -0.15) is 0 Å². The minimum atomic E-state index is -1.10. The summed E-state index contributed by atoms with van der Waals surface area (Å²) in [5.74, 6) is 0. The third kappa shape index (κ3) is 23.1. The molecule has 8 heteroatoms. The number of hydrogen-bond donors (Lipinski definition) is 0. The van der Waals surface area contributed by atoms with Gasteiger partial charge in [-0.3, -0.25) is 0 Å². The summed E-state index contributed by atoms with van der Waals surface area (Å²) in [6.45, 7) is 4.52. The molecule has 0 aromatic rings. The van der Waals surface area contributed by atoms with E-state index in [0.717, 1.165) is 19.1 Å². The van der Waals surface area contributed by atoms with Crippen LogP contribution < -0.4 is 0 Å². The first-order valence-corrected chi connectivity index (χ1v) is 10.1. The summed E-state index contributed by atoms with van der Waals surface area (Å²) in [7, 11) is 17.7. The molecule has 0 aromatic heterocycles. The van der Waals surface area contributed by atoms with Crippen LogP contribution in [0.4, 0.5) is 0 Å². The average Bonchev–Trinajstić information content (AvgIpc) is 2.16. The smallest absolute Gasteiger partial charge is 0.0502 e. The van der Waals surface area contributed by atoms with Gasteiger partial charge in [0.1, 0.15) is 0 Å². The molecular formula is C13H27N2Si2W4-4. The fraction of sp³-hybridized carbons (Fsp3) is 0.692. The van der Waals surface area contributed by atoms with Crippen molar-refractivity contribution in [1.82, 2.24) is 9.80 Å². The molecule has 2 nitrogen and oxygen atoms in total. The molecule has 0 aliphatic carbocycles. The van der Waals surface area contributed by atoms with Crippen LogP contribution in [0.15, 0.2) is 0 Å². The molecule has 0 fully saturated rings. The van der Waals surface area contributed by atoms with Gasteiger partial charge in [0.15, 0.2) is 0 Å². The maximum absolute atomic E-state index is 3.79. The van der Waals surface area contributed by atoms with Gasteiger partial charge in [0.05, 0.1) is 8.07 Å². The molecular weight excluding hydrogens is 976 g/mol. The zero-order valence-electron chi connectivity index (χ0n) is 13.0. The van der Waals surface area contributed by atoms with Crippen molar-refractivity contribution in [2.24, 2.45) is 0 Å². The van der Waals surface area contributed by atoms with Crippen molar-refractivity contribution in [1.29, 1.82) is 0 Å². The summed E-state index contributed by atoms with van der Waals surface area (Å²) in [5.41, 5.74) is 0. The van der Waals surface area contributed by atoms with Gasteiger partial charge in [-0.15, -0.1) is 0 Å². The molecule has 0 bridgehead atoms. The van der Waals surface area contributed by atoms with Gasteiger partial charge in [-0.1, -0.05) is 43.8 Å². The Balaban J connectivity index is -0.000000213. The van der Waals surface area contributed by atoms with E-state index in [2.05, 4.69) is 45.0 Å². The van der Waals surface area contributed by atoms with E-state index in [9.17, 15) is 0 Å². The van der Waals surface area contributed by atoms with Crippen molar-refractivity contribution in [2.45, 2.75) is 43.6 Å². The van der Waals surface area contributed by atoms with Crippen LogP contribution >= 0.6 is 0 Å². The van der Waals surface area contributed by atoms with E-state index in [1.54, 1.807) is 9.80 Å². The predicted octanol–water partition coefficient (Wildman–Crippen LogP) is 3.19. The van der Waals surface area contributed by atoms with E-state index in [1.165, 1.54) is 31.0 Å². The Hall–Kier alpha value is 3.11. The van der Waals surface area contributed by atoms with Crippen molar-refractivity contribution in [3.63, 3.8) is 0 Å². The number of rotatable bonds is 10. The zero-order chi connectivity index (χ0) is 13.3. The molecule has 3 radical (unpaired) electrons. The Morgan fingerprint density at radius 2 is 1.10 bits per heavy atom. The van der Waals surface area contributed by atoms with E-state index in [-0.39, 0.29) is 84.3 Å². The normalized spacial score (nSPS) is 10.3. The minimum Gasteiger partial charge on any atom is -0.611 e. The van der Waals surface area contributed by atoms with Crippen LogP contribution in [-0.4, -0.2) is 41.2 Å². The quantitative estimate of drug-likeness (QED) is 0.246. The number of nitrogens with zero attached hydrogens (tertiary/aromatic N) is 2. The zero-order valence-corrected chi connectivity index (χ0v) is 26.7. The van der Waals surface area contributed by atoms with Crippen molar-refractivity contribution in [3.05, 3.63) is 28.2 Å².